The summed E-state index contributed by atoms with van der Waals surface area (Å²) in [6.45, 7) is 4.42. The van der Waals surface area contributed by atoms with E-state index in [4.69, 9.17) is 9.47 Å². The Balaban J connectivity index is 1.67. The molecule has 0 bridgehead atoms. The summed E-state index contributed by atoms with van der Waals surface area (Å²) in [5.74, 6) is 0. The Bertz CT molecular complexity index is 496. The standard InChI is InChI=1S/C18H24N2O2/c19-11-15-5-1-2-6-16(15)12-20(13-17-7-3-9-21-17)14-18-8-4-10-22-18/h1-2,5-6,17-18H,3-4,7-10,12-14H2. The number of hydrogen-bond donors (Lipinski definition) is 0. The lowest BCUT2D eigenvalue weighted by Crippen LogP contribution is -2.37. The molecule has 4 heteroatoms. The van der Waals surface area contributed by atoms with Crippen LogP contribution in [-0.2, 0) is 16.0 Å². The Morgan fingerprint density at radius 1 is 1.05 bits per heavy atom. The van der Waals surface area contributed by atoms with E-state index in [9.17, 15) is 5.26 Å². The van der Waals surface area contributed by atoms with E-state index in [-0.39, 0.29) is 0 Å². The SMILES string of the molecule is N#Cc1ccccc1CN(CC1CCCO1)CC1CCCO1. The average Bonchev–Trinajstić information content (AvgIpc) is 3.21. The van der Waals surface area contributed by atoms with E-state index < -0.39 is 0 Å². The summed E-state index contributed by atoms with van der Waals surface area (Å²) in [5, 5.41) is 9.28. The highest BCUT2D eigenvalue weighted by Gasteiger charge is 2.24. The van der Waals surface area contributed by atoms with Crippen molar-refractivity contribution < 1.29 is 9.47 Å². The highest BCUT2D eigenvalue weighted by Crippen LogP contribution is 2.20. The van der Waals surface area contributed by atoms with E-state index in [1.807, 2.05) is 18.2 Å². The van der Waals surface area contributed by atoms with E-state index >= 15 is 0 Å². The summed E-state index contributed by atoms with van der Waals surface area (Å²) in [4.78, 5) is 2.40. The summed E-state index contributed by atoms with van der Waals surface area (Å²) < 4.78 is 11.6. The molecule has 1 aromatic rings. The summed E-state index contributed by atoms with van der Waals surface area (Å²) in [5.41, 5.74) is 1.87. The van der Waals surface area contributed by atoms with E-state index in [1.165, 1.54) is 0 Å². The number of benzene rings is 1. The van der Waals surface area contributed by atoms with Gasteiger partial charge in [-0.1, -0.05) is 18.2 Å². The van der Waals surface area contributed by atoms with Gasteiger partial charge >= 0.3 is 0 Å². The third kappa shape index (κ3) is 4.07. The fourth-order valence-electron chi connectivity index (χ4n) is 3.36. The third-order valence-corrected chi connectivity index (χ3v) is 4.50. The van der Waals surface area contributed by atoms with Crippen LogP contribution in [0, 0.1) is 11.3 Å². The first-order valence-corrected chi connectivity index (χ1v) is 8.28. The molecule has 2 unspecified atom stereocenters. The lowest BCUT2D eigenvalue weighted by molar-refractivity contribution is 0.0345. The lowest BCUT2D eigenvalue weighted by atomic mass is 10.1. The average molecular weight is 300 g/mol. The number of nitriles is 1. The molecule has 1 aromatic carbocycles. The maximum absolute atomic E-state index is 9.28. The van der Waals surface area contributed by atoms with Crippen LogP contribution in [-0.4, -0.2) is 43.4 Å². The second-order valence-corrected chi connectivity index (χ2v) is 6.23. The molecule has 2 aliphatic heterocycles. The molecule has 0 spiro atoms. The second kappa shape index (κ2) is 7.73. The lowest BCUT2D eigenvalue weighted by Gasteiger charge is -2.28. The molecular weight excluding hydrogens is 276 g/mol. The Kier molecular flexibility index (Phi) is 5.44. The van der Waals surface area contributed by atoms with E-state index in [1.54, 1.807) is 0 Å². The van der Waals surface area contributed by atoms with Crippen molar-refractivity contribution in [1.29, 1.82) is 5.26 Å². The van der Waals surface area contributed by atoms with Gasteiger partial charge in [-0.25, -0.2) is 0 Å². The number of hydrogen-bond acceptors (Lipinski definition) is 4. The molecular formula is C18H24N2O2. The Labute approximate surface area is 132 Å². The predicted octanol–water partition coefficient (Wildman–Crippen LogP) is 2.72. The van der Waals surface area contributed by atoms with Gasteiger partial charge in [0, 0.05) is 32.8 Å². The minimum atomic E-state index is 0.329. The van der Waals surface area contributed by atoms with Gasteiger partial charge in [0.2, 0.25) is 0 Å². The summed E-state index contributed by atoms with van der Waals surface area (Å²) in [7, 11) is 0. The Morgan fingerprint density at radius 3 is 2.23 bits per heavy atom. The molecule has 0 N–H and O–H groups in total. The van der Waals surface area contributed by atoms with Crippen molar-refractivity contribution in [3.8, 4) is 6.07 Å². The molecule has 118 valence electrons. The molecule has 0 aliphatic carbocycles. The van der Waals surface area contributed by atoms with Crippen molar-refractivity contribution in [3.63, 3.8) is 0 Å². The van der Waals surface area contributed by atoms with Crippen LogP contribution in [0.4, 0.5) is 0 Å². The van der Waals surface area contributed by atoms with Crippen molar-refractivity contribution >= 4 is 0 Å². The number of ether oxygens (including phenoxy) is 2. The minimum Gasteiger partial charge on any atom is -0.377 e. The van der Waals surface area contributed by atoms with Gasteiger partial charge in [0.15, 0.2) is 0 Å². The van der Waals surface area contributed by atoms with Gasteiger partial charge in [0.05, 0.1) is 23.8 Å². The van der Waals surface area contributed by atoms with Crippen molar-refractivity contribution in [1.82, 2.24) is 4.90 Å². The summed E-state index contributed by atoms with van der Waals surface area (Å²) in [6.07, 6.45) is 5.26. The minimum absolute atomic E-state index is 0.329. The fraction of sp³-hybridized carbons (Fsp3) is 0.611. The topological polar surface area (TPSA) is 45.5 Å². The first-order chi connectivity index (χ1) is 10.8. The first kappa shape index (κ1) is 15.5. The van der Waals surface area contributed by atoms with Crippen molar-refractivity contribution in [2.75, 3.05) is 26.3 Å². The van der Waals surface area contributed by atoms with Crippen molar-refractivity contribution in [2.24, 2.45) is 0 Å². The third-order valence-electron chi connectivity index (χ3n) is 4.50. The molecule has 2 heterocycles. The van der Waals surface area contributed by atoms with E-state index in [0.717, 1.165) is 69.7 Å². The molecule has 2 atom stereocenters. The van der Waals surface area contributed by atoms with Crippen LogP contribution < -0.4 is 0 Å². The largest absolute Gasteiger partial charge is 0.377 e. The zero-order valence-electron chi connectivity index (χ0n) is 13.0. The van der Waals surface area contributed by atoms with Gasteiger partial charge in [0.25, 0.3) is 0 Å². The van der Waals surface area contributed by atoms with Crippen LogP contribution in [0.1, 0.15) is 36.8 Å². The molecule has 0 saturated carbocycles. The van der Waals surface area contributed by atoms with Gasteiger partial charge in [-0.2, -0.15) is 5.26 Å². The van der Waals surface area contributed by atoms with Gasteiger partial charge in [-0.05, 0) is 37.3 Å². The van der Waals surface area contributed by atoms with Gasteiger partial charge in [-0.3, -0.25) is 4.90 Å². The predicted molar refractivity (Wildman–Crippen MR) is 84.4 cm³/mol. The Morgan fingerprint density at radius 2 is 1.68 bits per heavy atom. The summed E-state index contributed by atoms with van der Waals surface area (Å²) in [6, 6.07) is 10.2. The molecule has 3 rings (SSSR count). The van der Waals surface area contributed by atoms with Crippen LogP contribution >= 0.6 is 0 Å². The monoisotopic (exact) mass is 300 g/mol. The quantitative estimate of drug-likeness (QED) is 0.810. The van der Waals surface area contributed by atoms with E-state index in [0.29, 0.717) is 12.2 Å². The molecule has 0 radical (unpaired) electrons. The van der Waals surface area contributed by atoms with Crippen LogP contribution in [0.2, 0.25) is 0 Å². The molecule has 2 aliphatic rings. The van der Waals surface area contributed by atoms with Crippen LogP contribution in [0.25, 0.3) is 0 Å². The molecule has 2 saturated heterocycles. The Hall–Kier alpha value is -1.41. The maximum Gasteiger partial charge on any atom is 0.0995 e. The molecule has 4 nitrogen and oxygen atoms in total. The van der Waals surface area contributed by atoms with Gasteiger partial charge < -0.3 is 9.47 Å². The van der Waals surface area contributed by atoms with Crippen LogP contribution in [0.3, 0.4) is 0 Å². The highest BCUT2D eigenvalue weighted by atomic mass is 16.5. The van der Waals surface area contributed by atoms with Crippen molar-refractivity contribution in [3.05, 3.63) is 35.4 Å². The zero-order valence-corrected chi connectivity index (χ0v) is 13.0. The molecule has 0 aromatic heterocycles. The normalized spacial score (nSPS) is 24.7. The van der Waals surface area contributed by atoms with Crippen molar-refractivity contribution in [2.45, 2.75) is 44.4 Å². The molecule has 2 fully saturated rings. The van der Waals surface area contributed by atoms with Crippen LogP contribution in [0.15, 0.2) is 24.3 Å². The first-order valence-electron chi connectivity index (χ1n) is 8.28. The summed E-state index contributed by atoms with van der Waals surface area (Å²) >= 11 is 0. The smallest absolute Gasteiger partial charge is 0.0995 e. The number of nitrogens with zero attached hydrogens (tertiary/aromatic N) is 2. The maximum atomic E-state index is 9.28. The van der Waals surface area contributed by atoms with Gasteiger partial charge in [0.1, 0.15) is 0 Å². The molecule has 22 heavy (non-hydrogen) atoms. The second-order valence-electron chi connectivity index (χ2n) is 6.23. The fourth-order valence-corrected chi connectivity index (χ4v) is 3.36. The van der Waals surface area contributed by atoms with E-state index in [2.05, 4.69) is 17.0 Å². The molecule has 0 amide bonds. The van der Waals surface area contributed by atoms with Crippen LogP contribution in [0.5, 0.6) is 0 Å². The zero-order chi connectivity index (χ0) is 15.2. The number of rotatable bonds is 6. The highest BCUT2D eigenvalue weighted by molar-refractivity contribution is 5.37. The van der Waals surface area contributed by atoms with Gasteiger partial charge in [-0.15, -0.1) is 0 Å².